The number of benzene rings is 2. The zero-order chi connectivity index (χ0) is 22.3. The van der Waals surface area contributed by atoms with Crippen LogP contribution in [0.3, 0.4) is 0 Å². The summed E-state index contributed by atoms with van der Waals surface area (Å²) in [6.45, 7) is 2.56. The molecule has 2 heterocycles. The van der Waals surface area contributed by atoms with E-state index < -0.39 is 6.04 Å². The number of rotatable bonds is 6. The van der Waals surface area contributed by atoms with Crippen molar-refractivity contribution in [3.8, 4) is 0 Å². The number of pyridine rings is 1. The van der Waals surface area contributed by atoms with Crippen LogP contribution in [-0.4, -0.2) is 53.9 Å². The molecule has 0 unspecified atom stereocenters. The highest BCUT2D eigenvalue weighted by Crippen LogP contribution is 2.15. The Kier molecular flexibility index (Phi) is 7.02. The number of carbonyl (C=O) groups excluding carboxylic acids is 2. The molecular formula is C25H25ClN4O2. The SMILES string of the molecule is O=C(N[C@H](Cc1ccccc1)C(=O)N1CCN(c2ccccn2)CC1)c1ccc(Cl)cc1. The number of hydrogen-bond donors (Lipinski definition) is 1. The van der Waals surface area contributed by atoms with E-state index in [0.29, 0.717) is 43.2 Å². The first-order chi connectivity index (χ1) is 15.6. The van der Waals surface area contributed by atoms with Gasteiger partial charge >= 0.3 is 0 Å². The van der Waals surface area contributed by atoms with Gasteiger partial charge in [0.25, 0.3) is 5.91 Å². The van der Waals surface area contributed by atoms with Crippen molar-refractivity contribution in [3.05, 3.63) is 95.1 Å². The second-order valence-electron chi connectivity index (χ2n) is 7.72. The van der Waals surface area contributed by atoms with Gasteiger partial charge in [-0.25, -0.2) is 4.98 Å². The van der Waals surface area contributed by atoms with Crippen molar-refractivity contribution in [3.63, 3.8) is 0 Å². The van der Waals surface area contributed by atoms with Crippen LogP contribution in [0.4, 0.5) is 5.82 Å². The molecule has 32 heavy (non-hydrogen) atoms. The highest BCUT2D eigenvalue weighted by Gasteiger charge is 2.29. The van der Waals surface area contributed by atoms with Gasteiger partial charge in [0, 0.05) is 49.4 Å². The fourth-order valence-electron chi connectivity index (χ4n) is 3.81. The first-order valence-corrected chi connectivity index (χ1v) is 11.0. The van der Waals surface area contributed by atoms with Crippen LogP contribution in [0.2, 0.25) is 5.02 Å². The maximum Gasteiger partial charge on any atom is 0.251 e. The van der Waals surface area contributed by atoms with Crippen LogP contribution in [0, 0.1) is 0 Å². The molecule has 1 aliphatic heterocycles. The lowest BCUT2D eigenvalue weighted by Gasteiger charge is -2.37. The smallest absolute Gasteiger partial charge is 0.251 e. The zero-order valence-corrected chi connectivity index (χ0v) is 18.4. The fraction of sp³-hybridized carbons (Fsp3) is 0.240. The van der Waals surface area contributed by atoms with E-state index in [9.17, 15) is 9.59 Å². The van der Waals surface area contributed by atoms with Crippen molar-refractivity contribution in [2.24, 2.45) is 0 Å². The van der Waals surface area contributed by atoms with E-state index in [2.05, 4.69) is 15.2 Å². The van der Waals surface area contributed by atoms with Gasteiger partial charge in [-0.3, -0.25) is 9.59 Å². The predicted molar refractivity (Wildman–Crippen MR) is 126 cm³/mol. The van der Waals surface area contributed by atoms with Gasteiger partial charge in [0.15, 0.2) is 0 Å². The molecule has 1 aromatic heterocycles. The Balaban J connectivity index is 1.46. The van der Waals surface area contributed by atoms with E-state index in [1.807, 2.05) is 53.4 Å². The van der Waals surface area contributed by atoms with Crippen molar-refractivity contribution in [2.45, 2.75) is 12.5 Å². The third kappa shape index (κ3) is 5.45. The van der Waals surface area contributed by atoms with Gasteiger partial charge in [-0.15, -0.1) is 0 Å². The summed E-state index contributed by atoms with van der Waals surface area (Å²) in [6.07, 6.45) is 2.20. The minimum absolute atomic E-state index is 0.0724. The Morgan fingerprint density at radius 1 is 0.906 bits per heavy atom. The maximum atomic E-state index is 13.4. The monoisotopic (exact) mass is 448 g/mol. The van der Waals surface area contributed by atoms with Crippen molar-refractivity contribution in [2.75, 3.05) is 31.1 Å². The number of hydrogen-bond acceptors (Lipinski definition) is 4. The van der Waals surface area contributed by atoms with Crippen LogP contribution in [-0.2, 0) is 11.2 Å². The second-order valence-corrected chi connectivity index (χ2v) is 8.16. The Morgan fingerprint density at radius 2 is 1.59 bits per heavy atom. The summed E-state index contributed by atoms with van der Waals surface area (Å²) in [5.74, 6) is 0.552. The summed E-state index contributed by atoms with van der Waals surface area (Å²) >= 11 is 5.94. The number of nitrogens with one attached hydrogen (secondary N) is 1. The minimum Gasteiger partial charge on any atom is -0.353 e. The standard InChI is InChI=1S/C25H25ClN4O2/c26-21-11-9-20(10-12-21)24(31)28-22(18-19-6-2-1-3-7-19)25(32)30-16-14-29(15-17-30)23-8-4-5-13-27-23/h1-13,22H,14-18H2,(H,28,31)/t22-/m1/s1. The Labute approximate surface area is 192 Å². The van der Waals surface area contributed by atoms with Crippen LogP contribution in [0.5, 0.6) is 0 Å². The van der Waals surface area contributed by atoms with Gasteiger partial charge in [-0.05, 0) is 42.0 Å². The van der Waals surface area contributed by atoms with Gasteiger partial charge in [0.1, 0.15) is 11.9 Å². The summed E-state index contributed by atoms with van der Waals surface area (Å²) in [7, 11) is 0. The minimum atomic E-state index is -0.651. The summed E-state index contributed by atoms with van der Waals surface area (Å²) in [5, 5.41) is 3.50. The van der Waals surface area contributed by atoms with Crippen LogP contribution >= 0.6 is 11.6 Å². The van der Waals surface area contributed by atoms with Crippen molar-refractivity contribution in [1.82, 2.24) is 15.2 Å². The van der Waals surface area contributed by atoms with E-state index in [1.165, 1.54) is 0 Å². The lowest BCUT2D eigenvalue weighted by atomic mass is 10.0. The van der Waals surface area contributed by atoms with Gasteiger partial charge < -0.3 is 15.1 Å². The quantitative estimate of drug-likeness (QED) is 0.627. The van der Waals surface area contributed by atoms with Crippen LogP contribution in [0.15, 0.2) is 79.0 Å². The summed E-state index contributed by atoms with van der Waals surface area (Å²) in [5.41, 5.74) is 1.47. The van der Waals surface area contributed by atoms with Gasteiger partial charge in [0.2, 0.25) is 5.91 Å². The molecule has 7 heteroatoms. The molecule has 1 atom stereocenters. The van der Waals surface area contributed by atoms with Crippen molar-refractivity contribution < 1.29 is 9.59 Å². The molecule has 2 amide bonds. The molecule has 1 N–H and O–H groups in total. The third-order valence-electron chi connectivity index (χ3n) is 5.56. The Bertz CT molecular complexity index is 1040. The summed E-state index contributed by atoms with van der Waals surface area (Å²) in [6, 6.07) is 21.6. The third-order valence-corrected chi connectivity index (χ3v) is 5.81. The molecule has 0 aliphatic carbocycles. The molecule has 1 saturated heterocycles. The highest BCUT2D eigenvalue weighted by molar-refractivity contribution is 6.30. The average molecular weight is 449 g/mol. The summed E-state index contributed by atoms with van der Waals surface area (Å²) < 4.78 is 0. The number of anilines is 1. The lowest BCUT2D eigenvalue weighted by molar-refractivity contribution is -0.133. The number of nitrogens with zero attached hydrogens (tertiary/aromatic N) is 3. The molecule has 6 nitrogen and oxygen atoms in total. The maximum absolute atomic E-state index is 13.4. The van der Waals surface area contributed by atoms with Crippen LogP contribution in [0.1, 0.15) is 15.9 Å². The van der Waals surface area contributed by atoms with Crippen LogP contribution < -0.4 is 10.2 Å². The lowest BCUT2D eigenvalue weighted by Crippen LogP contribution is -2.55. The van der Waals surface area contributed by atoms with Gasteiger partial charge in [-0.2, -0.15) is 0 Å². The molecule has 1 aliphatic rings. The second kappa shape index (κ2) is 10.3. The molecule has 1 fully saturated rings. The molecular weight excluding hydrogens is 424 g/mol. The molecule has 3 aromatic rings. The average Bonchev–Trinajstić information content (AvgIpc) is 2.85. The van der Waals surface area contributed by atoms with Gasteiger partial charge in [0.05, 0.1) is 0 Å². The Morgan fingerprint density at radius 3 is 2.25 bits per heavy atom. The summed E-state index contributed by atoms with van der Waals surface area (Å²) in [4.78, 5) is 34.7. The largest absolute Gasteiger partial charge is 0.353 e. The predicted octanol–water partition coefficient (Wildman–Crippen LogP) is 3.42. The van der Waals surface area contributed by atoms with Crippen molar-refractivity contribution >= 4 is 29.2 Å². The van der Waals surface area contributed by atoms with Gasteiger partial charge in [-0.1, -0.05) is 48.0 Å². The highest BCUT2D eigenvalue weighted by atomic mass is 35.5. The molecule has 2 aromatic carbocycles. The fourth-order valence-corrected chi connectivity index (χ4v) is 3.94. The molecule has 0 radical (unpaired) electrons. The van der Waals surface area contributed by atoms with E-state index in [4.69, 9.17) is 11.6 Å². The number of amides is 2. The number of piperazine rings is 1. The van der Waals surface area contributed by atoms with E-state index >= 15 is 0 Å². The molecule has 0 saturated carbocycles. The van der Waals surface area contributed by atoms with E-state index in [0.717, 1.165) is 11.4 Å². The number of carbonyl (C=O) groups is 2. The molecule has 0 bridgehead atoms. The number of halogens is 1. The Hall–Kier alpha value is -3.38. The molecule has 0 spiro atoms. The molecule has 4 rings (SSSR count). The zero-order valence-electron chi connectivity index (χ0n) is 17.7. The van der Waals surface area contributed by atoms with Crippen LogP contribution in [0.25, 0.3) is 0 Å². The molecule has 164 valence electrons. The van der Waals surface area contributed by atoms with E-state index in [1.54, 1.807) is 30.5 Å². The number of aromatic nitrogens is 1. The normalized spacial score (nSPS) is 14.7. The topological polar surface area (TPSA) is 65.5 Å². The van der Waals surface area contributed by atoms with E-state index in [-0.39, 0.29) is 11.8 Å². The first kappa shape index (κ1) is 21.8. The first-order valence-electron chi connectivity index (χ1n) is 10.7. The van der Waals surface area contributed by atoms with Crippen molar-refractivity contribution in [1.29, 1.82) is 0 Å².